The molecule has 7 heteroatoms. The fourth-order valence-corrected chi connectivity index (χ4v) is 2.19. The molecule has 0 fully saturated rings. The third kappa shape index (κ3) is 3.81. The summed E-state index contributed by atoms with van der Waals surface area (Å²) in [7, 11) is 0. The van der Waals surface area contributed by atoms with Crippen molar-refractivity contribution in [3.8, 4) is 12.1 Å². The van der Waals surface area contributed by atoms with Crippen molar-refractivity contribution in [3.63, 3.8) is 0 Å². The molecule has 0 aliphatic carbocycles. The molecular weight excluding hydrogens is 328 g/mol. The molecule has 0 saturated heterocycles. The van der Waals surface area contributed by atoms with Crippen molar-refractivity contribution in [2.45, 2.75) is 0 Å². The maximum absolute atomic E-state index is 12.2. The SMILES string of the molecule is N#Cc1cccc(NC(=O)c2cnc(Nc3ccccc3C#N)nc2)c1. The van der Waals surface area contributed by atoms with Crippen LogP contribution in [0.5, 0.6) is 0 Å². The number of carbonyl (C=O) groups is 1. The average Bonchev–Trinajstić information content (AvgIpc) is 2.69. The van der Waals surface area contributed by atoms with Crippen LogP contribution in [0.1, 0.15) is 21.5 Å². The first-order valence-corrected chi connectivity index (χ1v) is 7.59. The Morgan fingerprint density at radius 3 is 2.46 bits per heavy atom. The topological polar surface area (TPSA) is 114 Å². The summed E-state index contributed by atoms with van der Waals surface area (Å²) in [4.78, 5) is 20.4. The summed E-state index contributed by atoms with van der Waals surface area (Å²) in [6, 6.07) is 17.7. The van der Waals surface area contributed by atoms with Gasteiger partial charge < -0.3 is 10.6 Å². The van der Waals surface area contributed by atoms with Gasteiger partial charge in [0.2, 0.25) is 5.95 Å². The smallest absolute Gasteiger partial charge is 0.258 e. The highest BCUT2D eigenvalue weighted by Gasteiger charge is 2.09. The highest BCUT2D eigenvalue weighted by molar-refractivity contribution is 6.04. The minimum atomic E-state index is -0.385. The van der Waals surface area contributed by atoms with E-state index in [0.717, 1.165) is 0 Å². The van der Waals surface area contributed by atoms with E-state index in [1.807, 2.05) is 6.07 Å². The lowest BCUT2D eigenvalue weighted by Crippen LogP contribution is -2.13. The van der Waals surface area contributed by atoms with Gasteiger partial charge in [0.1, 0.15) is 6.07 Å². The molecule has 1 amide bonds. The zero-order valence-corrected chi connectivity index (χ0v) is 13.5. The van der Waals surface area contributed by atoms with Crippen molar-refractivity contribution in [2.75, 3.05) is 10.6 Å². The molecule has 0 aliphatic rings. The number of carbonyl (C=O) groups excluding carboxylic acids is 1. The number of nitrogens with one attached hydrogen (secondary N) is 2. The average molecular weight is 340 g/mol. The van der Waals surface area contributed by atoms with Gasteiger partial charge in [-0.15, -0.1) is 0 Å². The van der Waals surface area contributed by atoms with E-state index >= 15 is 0 Å². The van der Waals surface area contributed by atoms with Crippen molar-refractivity contribution < 1.29 is 4.79 Å². The maximum Gasteiger partial charge on any atom is 0.258 e. The molecule has 0 unspecified atom stereocenters. The second kappa shape index (κ2) is 7.56. The molecule has 0 spiro atoms. The predicted octanol–water partition coefficient (Wildman–Crippen LogP) is 3.22. The second-order valence-corrected chi connectivity index (χ2v) is 5.22. The molecule has 0 aliphatic heterocycles. The Morgan fingerprint density at radius 2 is 1.73 bits per heavy atom. The number of nitriles is 2. The largest absolute Gasteiger partial charge is 0.323 e. The highest BCUT2D eigenvalue weighted by Crippen LogP contribution is 2.17. The summed E-state index contributed by atoms with van der Waals surface area (Å²) in [5, 5.41) is 23.6. The van der Waals surface area contributed by atoms with E-state index in [-0.39, 0.29) is 17.4 Å². The van der Waals surface area contributed by atoms with Crippen molar-refractivity contribution >= 4 is 23.2 Å². The lowest BCUT2D eigenvalue weighted by molar-refractivity contribution is 0.102. The van der Waals surface area contributed by atoms with Crippen LogP contribution < -0.4 is 10.6 Å². The van der Waals surface area contributed by atoms with Gasteiger partial charge in [-0.25, -0.2) is 9.97 Å². The number of anilines is 3. The first-order valence-electron chi connectivity index (χ1n) is 7.59. The van der Waals surface area contributed by atoms with E-state index < -0.39 is 0 Å². The number of rotatable bonds is 4. The summed E-state index contributed by atoms with van der Waals surface area (Å²) >= 11 is 0. The lowest BCUT2D eigenvalue weighted by Gasteiger charge is -2.08. The fraction of sp³-hybridized carbons (Fsp3) is 0. The van der Waals surface area contributed by atoms with Crippen molar-refractivity contribution in [1.82, 2.24) is 9.97 Å². The number of para-hydroxylation sites is 1. The summed E-state index contributed by atoms with van der Waals surface area (Å²) in [5.41, 5.74) is 2.29. The minimum Gasteiger partial charge on any atom is -0.323 e. The summed E-state index contributed by atoms with van der Waals surface area (Å²) in [6.07, 6.45) is 2.77. The maximum atomic E-state index is 12.2. The van der Waals surface area contributed by atoms with E-state index in [4.69, 9.17) is 10.5 Å². The molecule has 0 radical (unpaired) electrons. The summed E-state index contributed by atoms with van der Waals surface area (Å²) < 4.78 is 0. The zero-order valence-electron chi connectivity index (χ0n) is 13.5. The van der Waals surface area contributed by atoms with Gasteiger partial charge in [0, 0.05) is 18.1 Å². The molecule has 7 nitrogen and oxygen atoms in total. The van der Waals surface area contributed by atoms with Gasteiger partial charge in [0.25, 0.3) is 5.91 Å². The van der Waals surface area contributed by atoms with Crippen molar-refractivity contribution in [1.29, 1.82) is 10.5 Å². The van der Waals surface area contributed by atoms with Gasteiger partial charge in [-0.3, -0.25) is 4.79 Å². The Morgan fingerprint density at radius 1 is 0.962 bits per heavy atom. The Labute approximate surface area is 149 Å². The quantitative estimate of drug-likeness (QED) is 0.753. The van der Waals surface area contributed by atoms with Crippen LogP contribution in [0.15, 0.2) is 60.9 Å². The van der Waals surface area contributed by atoms with E-state index in [1.54, 1.807) is 48.5 Å². The van der Waals surface area contributed by atoms with Crippen molar-refractivity contribution in [2.24, 2.45) is 0 Å². The lowest BCUT2D eigenvalue weighted by atomic mass is 10.2. The summed E-state index contributed by atoms with van der Waals surface area (Å²) in [5.74, 6) is -0.111. The molecule has 26 heavy (non-hydrogen) atoms. The fourth-order valence-electron chi connectivity index (χ4n) is 2.19. The number of amides is 1. The van der Waals surface area contributed by atoms with Gasteiger partial charge >= 0.3 is 0 Å². The van der Waals surface area contributed by atoms with Gasteiger partial charge in [-0.2, -0.15) is 10.5 Å². The van der Waals surface area contributed by atoms with Crippen LogP contribution in [0.25, 0.3) is 0 Å². The van der Waals surface area contributed by atoms with E-state index in [9.17, 15) is 4.79 Å². The summed E-state index contributed by atoms with van der Waals surface area (Å²) in [6.45, 7) is 0. The monoisotopic (exact) mass is 340 g/mol. The first kappa shape index (κ1) is 16.6. The predicted molar refractivity (Wildman–Crippen MR) is 95.6 cm³/mol. The Bertz CT molecular complexity index is 1030. The zero-order chi connectivity index (χ0) is 18.4. The van der Waals surface area contributed by atoms with Crippen LogP contribution in [0, 0.1) is 22.7 Å². The molecule has 124 valence electrons. The van der Waals surface area contributed by atoms with E-state index in [0.29, 0.717) is 22.5 Å². The number of aromatic nitrogens is 2. The van der Waals surface area contributed by atoms with Gasteiger partial charge in [0.05, 0.1) is 28.4 Å². The molecule has 3 aromatic rings. The number of hydrogen-bond donors (Lipinski definition) is 2. The Hall–Kier alpha value is -4.23. The van der Waals surface area contributed by atoms with E-state index in [2.05, 4.69) is 26.7 Å². The van der Waals surface area contributed by atoms with Crippen LogP contribution in [-0.4, -0.2) is 15.9 Å². The minimum absolute atomic E-state index is 0.270. The number of hydrogen-bond acceptors (Lipinski definition) is 6. The van der Waals surface area contributed by atoms with Gasteiger partial charge in [0.15, 0.2) is 0 Å². The molecule has 2 aromatic carbocycles. The molecule has 0 saturated carbocycles. The molecular formula is C19H12N6O. The van der Waals surface area contributed by atoms with Crippen LogP contribution in [0.3, 0.4) is 0 Å². The van der Waals surface area contributed by atoms with Gasteiger partial charge in [-0.05, 0) is 30.3 Å². The van der Waals surface area contributed by atoms with Crippen LogP contribution in [0.4, 0.5) is 17.3 Å². The number of benzene rings is 2. The standard InChI is InChI=1S/C19H12N6O/c20-9-13-4-3-6-16(8-13)24-18(26)15-11-22-19(23-12-15)25-17-7-2-1-5-14(17)10-21/h1-8,11-12H,(H,24,26)(H,22,23,25). The van der Waals surface area contributed by atoms with E-state index in [1.165, 1.54) is 12.4 Å². The Balaban J connectivity index is 1.72. The van der Waals surface area contributed by atoms with Crippen LogP contribution >= 0.6 is 0 Å². The number of nitrogens with zero attached hydrogens (tertiary/aromatic N) is 4. The molecule has 1 heterocycles. The highest BCUT2D eigenvalue weighted by atomic mass is 16.1. The van der Waals surface area contributed by atoms with Crippen molar-refractivity contribution in [3.05, 3.63) is 77.6 Å². The Kier molecular flexibility index (Phi) is 4.83. The normalized spacial score (nSPS) is 9.62. The molecule has 2 N–H and O–H groups in total. The molecule has 0 atom stereocenters. The van der Waals surface area contributed by atoms with Gasteiger partial charge in [-0.1, -0.05) is 18.2 Å². The van der Waals surface area contributed by atoms with Crippen LogP contribution in [-0.2, 0) is 0 Å². The third-order valence-electron chi connectivity index (χ3n) is 3.46. The third-order valence-corrected chi connectivity index (χ3v) is 3.46. The molecule has 0 bridgehead atoms. The van der Waals surface area contributed by atoms with Crippen LogP contribution in [0.2, 0.25) is 0 Å². The molecule has 1 aromatic heterocycles. The molecule has 3 rings (SSSR count). The second-order valence-electron chi connectivity index (χ2n) is 5.22. The first-order chi connectivity index (χ1) is 12.7.